The standard InChI is InChI=1S/C27H26O8/c1-15-26(34-17(3)29)25(33-16(2)28)13-30-27(15)35-22-11-9-19(20-6-4-5-7-21(20)22)18-8-10-23-24(12-18)32-14-31-23/h4-12,15,25-27H,13-14H2,1-3H3/t15-,25+,26-,27?/m1/s1. The van der Waals surface area contributed by atoms with E-state index < -0.39 is 30.4 Å². The van der Waals surface area contributed by atoms with Crippen LogP contribution in [-0.2, 0) is 23.8 Å². The van der Waals surface area contributed by atoms with E-state index in [9.17, 15) is 9.59 Å². The first-order chi connectivity index (χ1) is 16.9. The SMILES string of the molecule is CC(=O)O[C@H]1[C@@H](OC(C)=O)COC(Oc2ccc(-c3ccc4c(c3)OCO4)c3ccccc23)[C@@H]1C. The molecule has 0 saturated carbocycles. The number of hydrogen-bond acceptors (Lipinski definition) is 8. The van der Waals surface area contributed by atoms with Crippen molar-refractivity contribution in [1.82, 2.24) is 0 Å². The number of ether oxygens (including phenoxy) is 6. The molecule has 1 unspecified atom stereocenters. The Balaban J connectivity index is 1.44. The Kier molecular flexibility index (Phi) is 6.21. The average molecular weight is 478 g/mol. The highest BCUT2D eigenvalue weighted by molar-refractivity contribution is 6.00. The van der Waals surface area contributed by atoms with Crippen LogP contribution in [0.2, 0.25) is 0 Å². The van der Waals surface area contributed by atoms with Crippen molar-refractivity contribution in [2.24, 2.45) is 5.92 Å². The summed E-state index contributed by atoms with van der Waals surface area (Å²) < 4.78 is 34.0. The molecule has 2 heterocycles. The van der Waals surface area contributed by atoms with Crippen molar-refractivity contribution in [3.63, 3.8) is 0 Å². The fourth-order valence-corrected chi connectivity index (χ4v) is 4.58. The molecular formula is C27H26O8. The number of hydrogen-bond donors (Lipinski definition) is 0. The van der Waals surface area contributed by atoms with Gasteiger partial charge in [-0.15, -0.1) is 0 Å². The molecule has 8 nitrogen and oxygen atoms in total. The first-order valence-corrected chi connectivity index (χ1v) is 11.4. The predicted octanol–water partition coefficient (Wildman–Crippen LogP) is 4.47. The zero-order chi connectivity index (χ0) is 24.5. The third kappa shape index (κ3) is 4.61. The molecule has 2 aliphatic rings. The van der Waals surface area contributed by atoms with Crippen molar-refractivity contribution in [3.8, 4) is 28.4 Å². The highest BCUT2D eigenvalue weighted by Gasteiger charge is 2.43. The lowest BCUT2D eigenvalue weighted by atomic mass is 9.95. The van der Waals surface area contributed by atoms with E-state index in [-0.39, 0.29) is 19.3 Å². The van der Waals surface area contributed by atoms with Crippen LogP contribution in [0.4, 0.5) is 0 Å². The van der Waals surface area contributed by atoms with Gasteiger partial charge < -0.3 is 28.4 Å². The summed E-state index contributed by atoms with van der Waals surface area (Å²) in [5.74, 6) is 0.773. The molecule has 1 fully saturated rings. The number of carbonyl (C=O) groups is 2. The van der Waals surface area contributed by atoms with Crippen LogP contribution in [0.25, 0.3) is 21.9 Å². The molecule has 0 aliphatic carbocycles. The lowest BCUT2D eigenvalue weighted by Crippen LogP contribution is -2.53. The van der Waals surface area contributed by atoms with Gasteiger partial charge in [-0.2, -0.15) is 0 Å². The van der Waals surface area contributed by atoms with E-state index >= 15 is 0 Å². The Labute approximate surface area is 202 Å². The van der Waals surface area contributed by atoms with Gasteiger partial charge in [-0.25, -0.2) is 0 Å². The lowest BCUT2D eigenvalue weighted by molar-refractivity contribution is -0.232. The molecule has 3 aromatic rings. The van der Waals surface area contributed by atoms with E-state index in [0.717, 1.165) is 33.4 Å². The van der Waals surface area contributed by atoms with Gasteiger partial charge in [-0.05, 0) is 34.7 Å². The minimum Gasteiger partial charge on any atom is -0.464 e. The van der Waals surface area contributed by atoms with Gasteiger partial charge in [0.1, 0.15) is 11.9 Å². The first kappa shape index (κ1) is 23.0. The molecule has 182 valence electrons. The Morgan fingerprint density at radius 1 is 0.886 bits per heavy atom. The summed E-state index contributed by atoms with van der Waals surface area (Å²) >= 11 is 0. The molecule has 2 aliphatic heterocycles. The third-order valence-electron chi connectivity index (χ3n) is 6.17. The molecule has 0 N–H and O–H groups in total. The summed E-state index contributed by atoms with van der Waals surface area (Å²) in [5.41, 5.74) is 2.02. The maximum atomic E-state index is 11.7. The molecule has 35 heavy (non-hydrogen) atoms. The first-order valence-electron chi connectivity index (χ1n) is 11.4. The summed E-state index contributed by atoms with van der Waals surface area (Å²) in [6.07, 6.45) is -2.09. The van der Waals surface area contributed by atoms with Gasteiger partial charge in [0, 0.05) is 19.2 Å². The van der Waals surface area contributed by atoms with E-state index in [1.54, 1.807) is 0 Å². The van der Waals surface area contributed by atoms with Crippen LogP contribution in [0.3, 0.4) is 0 Å². The van der Waals surface area contributed by atoms with E-state index in [2.05, 4.69) is 0 Å². The van der Waals surface area contributed by atoms with Gasteiger partial charge in [0.15, 0.2) is 17.6 Å². The monoisotopic (exact) mass is 478 g/mol. The molecule has 0 radical (unpaired) electrons. The van der Waals surface area contributed by atoms with Crippen LogP contribution in [-0.4, -0.2) is 43.8 Å². The van der Waals surface area contributed by atoms with E-state index in [0.29, 0.717) is 5.75 Å². The summed E-state index contributed by atoms with van der Waals surface area (Å²) in [6, 6.07) is 17.7. The smallest absolute Gasteiger partial charge is 0.303 e. The second-order valence-electron chi connectivity index (χ2n) is 8.63. The van der Waals surface area contributed by atoms with Crippen LogP contribution in [0.5, 0.6) is 17.2 Å². The van der Waals surface area contributed by atoms with E-state index in [1.165, 1.54) is 13.8 Å². The highest BCUT2D eigenvalue weighted by Crippen LogP contribution is 2.40. The second-order valence-corrected chi connectivity index (χ2v) is 8.63. The Morgan fingerprint density at radius 3 is 2.40 bits per heavy atom. The Morgan fingerprint density at radius 2 is 1.63 bits per heavy atom. The van der Waals surface area contributed by atoms with Crippen molar-refractivity contribution < 1.29 is 38.0 Å². The lowest BCUT2D eigenvalue weighted by Gasteiger charge is -2.39. The summed E-state index contributed by atoms with van der Waals surface area (Å²) in [4.78, 5) is 23.2. The van der Waals surface area contributed by atoms with Crippen LogP contribution in [0.15, 0.2) is 54.6 Å². The number of fused-ring (bicyclic) bond motifs is 2. The van der Waals surface area contributed by atoms with Gasteiger partial charge in [-0.3, -0.25) is 9.59 Å². The van der Waals surface area contributed by atoms with Gasteiger partial charge in [0.25, 0.3) is 0 Å². The molecule has 0 bridgehead atoms. The van der Waals surface area contributed by atoms with Gasteiger partial charge in [0.2, 0.25) is 13.1 Å². The van der Waals surface area contributed by atoms with Crippen LogP contribution < -0.4 is 14.2 Å². The summed E-state index contributed by atoms with van der Waals surface area (Å²) in [6.45, 7) is 4.76. The van der Waals surface area contributed by atoms with Crippen molar-refractivity contribution in [1.29, 1.82) is 0 Å². The van der Waals surface area contributed by atoms with Gasteiger partial charge in [0.05, 0.1) is 12.5 Å². The minimum atomic E-state index is -0.703. The van der Waals surface area contributed by atoms with Gasteiger partial charge in [-0.1, -0.05) is 43.3 Å². The molecule has 0 aromatic heterocycles. The maximum Gasteiger partial charge on any atom is 0.303 e. The average Bonchev–Trinajstić information content (AvgIpc) is 3.31. The third-order valence-corrected chi connectivity index (χ3v) is 6.17. The molecular weight excluding hydrogens is 452 g/mol. The fraction of sp³-hybridized carbons (Fsp3) is 0.333. The van der Waals surface area contributed by atoms with Crippen LogP contribution in [0, 0.1) is 5.92 Å². The minimum absolute atomic E-state index is 0.0553. The molecule has 1 saturated heterocycles. The molecule has 3 aromatic carbocycles. The largest absolute Gasteiger partial charge is 0.464 e. The highest BCUT2D eigenvalue weighted by atomic mass is 16.7. The molecule has 4 atom stereocenters. The van der Waals surface area contributed by atoms with Crippen molar-refractivity contribution in [2.75, 3.05) is 13.4 Å². The quantitative estimate of drug-likeness (QED) is 0.497. The zero-order valence-corrected chi connectivity index (χ0v) is 19.7. The predicted molar refractivity (Wildman–Crippen MR) is 126 cm³/mol. The number of carbonyl (C=O) groups excluding carboxylic acids is 2. The van der Waals surface area contributed by atoms with Crippen molar-refractivity contribution >= 4 is 22.7 Å². The summed E-state index contributed by atoms with van der Waals surface area (Å²) in [5, 5.41) is 1.91. The van der Waals surface area contributed by atoms with Crippen LogP contribution >= 0.6 is 0 Å². The molecule has 8 heteroatoms. The maximum absolute atomic E-state index is 11.7. The normalized spacial score (nSPS) is 23.1. The molecule has 0 spiro atoms. The number of esters is 2. The van der Waals surface area contributed by atoms with E-state index in [1.807, 2.05) is 61.5 Å². The summed E-state index contributed by atoms with van der Waals surface area (Å²) in [7, 11) is 0. The number of benzene rings is 3. The topological polar surface area (TPSA) is 89.5 Å². The van der Waals surface area contributed by atoms with Crippen molar-refractivity contribution in [3.05, 3.63) is 54.6 Å². The number of rotatable bonds is 5. The zero-order valence-electron chi connectivity index (χ0n) is 19.7. The Bertz CT molecular complexity index is 1270. The van der Waals surface area contributed by atoms with E-state index in [4.69, 9.17) is 28.4 Å². The second kappa shape index (κ2) is 9.46. The van der Waals surface area contributed by atoms with Crippen LogP contribution in [0.1, 0.15) is 20.8 Å². The Hall–Kier alpha value is -3.78. The van der Waals surface area contributed by atoms with Crippen molar-refractivity contribution in [2.45, 2.75) is 39.3 Å². The molecule has 0 amide bonds. The van der Waals surface area contributed by atoms with Gasteiger partial charge >= 0.3 is 11.9 Å². The molecule has 5 rings (SSSR count). The fourth-order valence-electron chi connectivity index (χ4n) is 4.58.